The van der Waals surface area contributed by atoms with Gasteiger partial charge in [-0.2, -0.15) is 0 Å². The average Bonchev–Trinajstić information content (AvgIpc) is 3.44. The Morgan fingerprint density at radius 3 is 0.846 bits per heavy atom. The SMILES string of the molecule is CC/C=C\C/C=C\C/C=C\C/C=C\C/C=C\C/C=C\C/C=C\C/C=C\C/C=C\CCCC(=O)OCC(COC(=O)CCCCCCC/C=C\CCCCCC)OC(=O)CCCCCCCCC/C=C\C/C=C\CCCCCC. The molecule has 6 nitrogen and oxygen atoms in total. The van der Waals surface area contributed by atoms with Gasteiger partial charge in [0.2, 0.25) is 0 Å². The van der Waals surface area contributed by atoms with Crippen LogP contribution in [0.1, 0.15) is 271 Å². The second kappa shape index (κ2) is 64.8. The van der Waals surface area contributed by atoms with E-state index in [0.29, 0.717) is 19.3 Å². The molecule has 0 aromatic rings. The molecule has 0 aliphatic carbocycles. The third-order valence-corrected chi connectivity index (χ3v) is 13.0. The zero-order chi connectivity index (χ0) is 56.4. The largest absolute Gasteiger partial charge is 0.462 e. The number of allylic oxidation sites excluding steroid dienone is 24. The Balaban J connectivity index is 4.47. The van der Waals surface area contributed by atoms with Gasteiger partial charge >= 0.3 is 17.9 Å². The lowest BCUT2D eigenvalue weighted by Gasteiger charge is -2.18. The van der Waals surface area contributed by atoms with Gasteiger partial charge in [0, 0.05) is 19.3 Å². The maximum atomic E-state index is 12.9. The molecule has 0 rings (SSSR count). The van der Waals surface area contributed by atoms with Crippen LogP contribution in [-0.2, 0) is 28.6 Å². The summed E-state index contributed by atoms with van der Waals surface area (Å²) in [6, 6.07) is 0. The first-order valence-corrected chi connectivity index (χ1v) is 31.8. The van der Waals surface area contributed by atoms with Crippen molar-refractivity contribution in [3.63, 3.8) is 0 Å². The predicted molar refractivity (Wildman–Crippen MR) is 339 cm³/mol. The molecule has 0 aromatic heterocycles. The fourth-order valence-corrected chi connectivity index (χ4v) is 8.29. The number of hydrogen-bond donors (Lipinski definition) is 0. The van der Waals surface area contributed by atoms with Gasteiger partial charge in [0.15, 0.2) is 6.10 Å². The van der Waals surface area contributed by atoms with E-state index in [1.165, 1.54) is 96.3 Å². The van der Waals surface area contributed by atoms with Gasteiger partial charge in [-0.05, 0) is 141 Å². The average molecular weight is 1080 g/mol. The summed E-state index contributed by atoms with van der Waals surface area (Å²) in [6.45, 7) is 6.43. The Morgan fingerprint density at radius 2 is 0.513 bits per heavy atom. The number of rotatable bonds is 56. The lowest BCUT2D eigenvalue weighted by molar-refractivity contribution is -0.167. The molecule has 78 heavy (non-hydrogen) atoms. The first-order valence-electron chi connectivity index (χ1n) is 31.8. The topological polar surface area (TPSA) is 78.9 Å². The van der Waals surface area contributed by atoms with E-state index in [1.807, 2.05) is 0 Å². The number of esters is 3. The lowest BCUT2D eigenvalue weighted by atomic mass is 10.1. The Kier molecular flexibility index (Phi) is 60.9. The molecule has 0 N–H and O–H groups in total. The molecule has 0 saturated carbocycles. The van der Waals surface area contributed by atoms with E-state index < -0.39 is 6.10 Å². The van der Waals surface area contributed by atoms with Crippen molar-refractivity contribution in [3.05, 3.63) is 146 Å². The summed E-state index contributed by atoms with van der Waals surface area (Å²) in [5, 5.41) is 0. The molecule has 0 saturated heterocycles. The van der Waals surface area contributed by atoms with Crippen LogP contribution in [0.5, 0.6) is 0 Å². The van der Waals surface area contributed by atoms with Crippen molar-refractivity contribution in [2.45, 2.75) is 277 Å². The molecular weight excluding hydrogens is 961 g/mol. The number of carbonyl (C=O) groups excluding carboxylic acids is 3. The fraction of sp³-hybridized carbons (Fsp3) is 0.625. The third-order valence-electron chi connectivity index (χ3n) is 13.0. The molecule has 1 atom stereocenters. The van der Waals surface area contributed by atoms with Crippen molar-refractivity contribution in [1.29, 1.82) is 0 Å². The number of hydrogen-bond acceptors (Lipinski definition) is 6. The van der Waals surface area contributed by atoms with Crippen LogP contribution in [0.3, 0.4) is 0 Å². The minimum Gasteiger partial charge on any atom is -0.462 e. The smallest absolute Gasteiger partial charge is 0.306 e. The number of carbonyl (C=O) groups is 3. The maximum absolute atomic E-state index is 12.9. The molecule has 0 radical (unpaired) electrons. The summed E-state index contributed by atoms with van der Waals surface area (Å²) in [7, 11) is 0. The van der Waals surface area contributed by atoms with Crippen LogP contribution in [-0.4, -0.2) is 37.2 Å². The highest BCUT2D eigenvalue weighted by atomic mass is 16.6. The Morgan fingerprint density at radius 1 is 0.269 bits per heavy atom. The molecule has 0 fully saturated rings. The van der Waals surface area contributed by atoms with Crippen molar-refractivity contribution >= 4 is 17.9 Å². The fourth-order valence-electron chi connectivity index (χ4n) is 8.29. The van der Waals surface area contributed by atoms with E-state index in [0.717, 1.165) is 128 Å². The molecule has 440 valence electrons. The Labute approximate surface area is 480 Å². The second-order valence-corrected chi connectivity index (χ2v) is 20.6. The van der Waals surface area contributed by atoms with E-state index in [2.05, 4.69) is 167 Å². The van der Waals surface area contributed by atoms with Gasteiger partial charge in [0.25, 0.3) is 0 Å². The predicted octanol–water partition coefficient (Wildman–Crippen LogP) is 21.9. The van der Waals surface area contributed by atoms with Gasteiger partial charge < -0.3 is 14.2 Å². The third kappa shape index (κ3) is 62.1. The highest BCUT2D eigenvalue weighted by molar-refractivity contribution is 5.71. The molecule has 0 spiro atoms. The number of ether oxygens (including phenoxy) is 3. The van der Waals surface area contributed by atoms with Gasteiger partial charge in [-0.25, -0.2) is 0 Å². The van der Waals surface area contributed by atoms with Crippen LogP contribution in [0.2, 0.25) is 0 Å². The van der Waals surface area contributed by atoms with Crippen LogP contribution in [0, 0.1) is 0 Å². The zero-order valence-electron chi connectivity index (χ0n) is 50.4. The van der Waals surface area contributed by atoms with Crippen LogP contribution in [0.4, 0.5) is 0 Å². The molecule has 0 aliphatic rings. The monoisotopic (exact) mass is 1080 g/mol. The normalized spacial score (nSPS) is 13.1. The second-order valence-electron chi connectivity index (χ2n) is 20.6. The van der Waals surface area contributed by atoms with Gasteiger partial charge in [-0.3, -0.25) is 14.4 Å². The van der Waals surface area contributed by atoms with Gasteiger partial charge in [-0.1, -0.05) is 256 Å². The highest BCUT2D eigenvalue weighted by Crippen LogP contribution is 2.14. The summed E-state index contributed by atoms with van der Waals surface area (Å²) in [5.41, 5.74) is 0. The van der Waals surface area contributed by atoms with E-state index in [1.54, 1.807) is 0 Å². The van der Waals surface area contributed by atoms with E-state index in [4.69, 9.17) is 14.2 Å². The summed E-state index contributed by atoms with van der Waals surface area (Å²) in [6.07, 6.45) is 92.8. The standard InChI is InChI=1S/C72H116O6/c1-4-7-10-13-16-19-22-25-27-29-31-32-33-34-35-36-37-38-39-40-41-43-44-47-50-53-56-59-62-65-71(74)77-68-69(67-76-70(73)64-61-58-55-52-49-46-24-21-18-15-12-9-6-3)78-72(75)66-63-60-57-54-51-48-45-42-30-28-26-23-20-17-14-11-8-5-2/h7,10,16,19-21,23-25,27-28,30-32,34-35,37-38,40-41,44,47,53,56,69H,4-6,8-9,11-15,17-18,22,26,29,33,36,39,42-43,45-46,48-52,54-55,57-68H2,1-3H3/b10-7-,19-16-,23-20-,24-21-,27-25-,30-28-,32-31-,35-34-,38-37-,41-40-,47-44-,56-53-. The highest BCUT2D eigenvalue weighted by Gasteiger charge is 2.19. The van der Waals surface area contributed by atoms with E-state index in [9.17, 15) is 14.4 Å². The molecular formula is C72H116O6. The number of unbranched alkanes of at least 4 members (excludes halogenated alkanes) is 21. The summed E-state index contributed by atoms with van der Waals surface area (Å²) < 4.78 is 16.8. The van der Waals surface area contributed by atoms with Crippen molar-refractivity contribution in [2.24, 2.45) is 0 Å². The van der Waals surface area contributed by atoms with Crippen LogP contribution in [0.15, 0.2) is 146 Å². The zero-order valence-corrected chi connectivity index (χ0v) is 50.4. The molecule has 0 aromatic carbocycles. The first kappa shape index (κ1) is 73.3. The minimum atomic E-state index is -0.816. The van der Waals surface area contributed by atoms with Gasteiger partial charge in [-0.15, -0.1) is 0 Å². The molecule has 0 bridgehead atoms. The Bertz CT molecular complexity index is 1710. The lowest BCUT2D eigenvalue weighted by Crippen LogP contribution is -2.30. The molecule has 0 amide bonds. The first-order chi connectivity index (χ1) is 38.5. The molecule has 0 heterocycles. The van der Waals surface area contributed by atoms with Gasteiger partial charge in [0.1, 0.15) is 13.2 Å². The summed E-state index contributed by atoms with van der Waals surface area (Å²) in [4.78, 5) is 38.2. The van der Waals surface area contributed by atoms with Gasteiger partial charge in [0.05, 0.1) is 0 Å². The minimum absolute atomic E-state index is 0.108. The van der Waals surface area contributed by atoms with Crippen molar-refractivity contribution in [1.82, 2.24) is 0 Å². The molecule has 0 aliphatic heterocycles. The maximum Gasteiger partial charge on any atom is 0.306 e. The van der Waals surface area contributed by atoms with E-state index in [-0.39, 0.29) is 37.5 Å². The van der Waals surface area contributed by atoms with Crippen LogP contribution in [0.25, 0.3) is 0 Å². The Hall–Kier alpha value is -4.71. The summed E-state index contributed by atoms with van der Waals surface area (Å²) >= 11 is 0. The van der Waals surface area contributed by atoms with Crippen molar-refractivity contribution in [3.8, 4) is 0 Å². The quantitative estimate of drug-likeness (QED) is 0.0261. The molecule has 6 heteroatoms. The summed E-state index contributed by atoms with van der Waals surface area (Å²) in [5.74, 6) is -0.988. The van der Waals surface area contributed by atoms with Crippen LogP contribution >= 0.6 is 0 Å². The molecule has 1 unspecified atom stereocenters. The van der Waals surface area contributed by atoms with Crippen LogP contribution < -0.4 is 0 Å². The van der Waals surface area contributed by atoms with Crippen molar-refractivity contribution < 1.29 is 28.6 Å². The van der Waals surface area contributed by atoms with Crippen molar-refractivity contribution in [2.75, 3.05) is 13.2 Å². The van der Waals surface area contributed by atoms with E-state index >= 15 is 0 Å².